The van der Waals surface area contributed by atoms with E-state index >= 15 is 0 Å². The first-order valence-electron chi connectivity index (χ1n) is 4.80. The Balaban J connectivity index is 3.17. The lowest BCUT2D eigenvalue weighted by Crippen LogP contribution is -2.29. The fourth-order valence-electron chi connectivity index (χ4n) is 1.30. The van der Waals surface area contributed by atoms with Crippen molar-refractivity contribution in [3.05, 3.63) is 28.3 Å². The molecule has 82 valence electrons. The summed E-state index contributed by atoms with van der Waals surface area (Å²) in [5.74, 6) is -0.618. The Bertz CT molecular complexity index is 425. The molecule has 0 saturated heterocycles. The fourth-order valence-corrected chi connectivity index (χ4v) is 1.53. The molecule has 1 rings (SSSR count). The van der Waals surface area contributed by atoms with E-state index in [4.69, 9.17) is 22.7 Å². The van der Waals surface area contributed by atoms with Crippen molar-refractivity contribution in [2.75, 3.05) is 0 Å². The molecule has 0 atom stereocenters. The predicted molar refractivity (Wildman–Crippen MR) is 58.7 cm³/mol. The monoisotopic (exact) mass is 227 g/mol. The number of carbonyl (C=O) groups excluding carboxylic acids is 1. The molecule has 15 heavy (non-hydrogen) atoms. The maximum atomic E-state index is 11.0. The van der Waals surface area contributed by atoms with Crippen molar-refractivity contribution >= 4 is 17.5 Å². The number of carbonyl (C=O) groups is 1. The van der Waals surface area contributed by atoms with Crippen LogP contribution in [-0.4, -0.2) is 10.5 Å². The van der Waals surface area contributed by atoms with Gasteiger partial charge in [0.15, 0.2) is 0 Å². The molecular weight excluding hydrogens is 214 g/mol. The normalized spacial score (nSPS) is 10.3. The molecule has 0 unspecified atom stereocenters. The van der Waals surface area contributed by atoms with Crippen LogP contribution in [-0.2, 0) is 6.54 Å². The van der Waals surface area contributed by atoms with Crippen LogP contribution in [0.1, 0.15) is 30.1 Å². The van der Waals surface area contributed by atoms with Gasteiger partial charge in [-0.15, -0.1) is 0 Å². The summed E-state index contributed by atoms with van der Waals surface area (Å²) in [5.41, 5.74) is 5.44. The highest BCUT2D eigenvalue weighted by atomic mass is 35.5. The van der Waals surface area contributed by atoms with Crippen LogP contribution in [0.3, 0.4) is 0 Å². The zero-order chi connectivity index (χ0) is 11.4. The molecule has 0 aliphatic heterocycles. The molecule has 3 N–H and O–H groups in total. The molecule has 5 heteroatoms. The number of aromatic nitrogens is 1. The second-order valence-corrected chi connectivity index (χ2v) is 3.77. The van der Waals surface area contributed by atoms with Crippen molar-refractivity contribution in [1.29, 1.82) is 5.41 Å². The first-order chi connectivity index (χ1) is 7.06. The third kappa shape index (κ3) is 2.83. The van der Waals surface area contributed by atoms with E-state index in [1.54, 1.807) is 10.8 Å². The van der Waals surface area contributed by atoms with Gasteiger partial charge in [-0.3, -0.25) is 10.2 Å². The van der Waals surface area contributed by atoms with Crippen LogP contribution in [0.4, 0.5) is 0 Å². The van der Waals surface area contributed by atoms with Gasteiger partial charge < -0.3 is 10.3 Å². The highest BCUT2D eigenvalue weighted by Crippen LogP contribution is 2.07. The summed E-state index contributed by atoms with van der Waals surface area (Å²) in [4.78, 5) is 11.0. The first-order valence-corrected chi connectivity index (χ1v) is 5.18. The van der Waals surface area contributed by atoms with Crippen LogP contribution in [0.15, 0.2) is 12.3 Å². The third-order valence-corrected chi connectivity index (χ3v) is 2.33. The van der Waals surface area contributed by atoms with Gasteiger partial charge in [-0.25, -0.2) is 0 Å². The summed E-state index contributed by atoms with van der Waals surface area (Å²) < 4.78 is 1.64. The summed E-state index contributed by atoms with van der Waals surface area (Å²) in [6, 6.07) is 1.43. The van der Waals surface area contributed by atoms with Gasteiger partial charge >= 0.3 is 0 Å². The summed E-state index contributed by atoms with van der Waals surface area (Å²) in [7, 11) is 0. The number of halogens is 1. The van der Waals surface area contributed by atoms with E-state index in [1.807, 2.05) is 0 Å². The molecule has 0 radical (unpaired) electrons. The lowest BCUT2D eigenvalue weighted by atomic mass is 10.2. The maximum absolute atomic E-state index is 11.0. The van der Waals surface area contributed by atoms with E-state index in [2.05, 4.69) is 6.92 Å². The van der Waals surface area contributed by atoms with Crippen molar-refractivity contribution in [1.82, 2.24) is 4.57 Å². The van der Waals surface area contributed by atoms with Crippen molar-refractivity contribution in [3.63, 3.8) is 0 Å². The van der Waals surface area contributed by atoms with E-state index in [1.165, 1.54) is 6.07 Å². The standard InChI is InChI=1S/C10H14ClN3O/c1-2-3-4-14-6-7(11)5-8(9(14)12)10(13)15/h5-6,12H,2-4H2,1H3,(H2,13,15). The minimum Gasteiger partial charge on any atom is -0.365 e. The molecule has 1 amide bonds. The minimum atomic E-state index is -0.618. The van der Waals surface area contributed by atoms with Crippen LogP contribution in [0.2, 0.25) is 5.02 Å². The van der Waals surface area contributed by atoms with Crippen molar-refractivity contribution in [2.24, 2.45) is 5.73 Å². The Labute approximate surface area is 93.2 Å². The second-order valence-electron chi connectivity index (χ2n) is 3.33. The van der Waals surface area contributed by atoms with Gasteiger partial charge in [0.25, 0.3) is 5.91 Å². The molecule has 1 aromatic heterocycles. The summed E-state index contributed by atoms with van der Waals surface area (Å²) >= 11 is 5.83. The minimum absolute atomic E-state index is 0.125. The fraction of sp³-hybridized carbons (Fsp3) is 0.400. The summed E-state index contributed by atoms with van der Waals surface area (Å²) in [6.07, 6.45) is 3.60. The SMILES string of the molecule is CCCCn1cc(Cl)cc(C(N)=O)c1=N. The number of nitrogens with two attached hydrogens (primary N) is 1. The highest BCUT2D eigenvalue weighted by molar-refractivity contribution is 6.30. The number of aryl methyl sites for hydroxylation is 1. The number of nitrogens with one attached hydrogen (secondary N) is 1. The Hall–Kier alpha value is -1.29. The van der Waals surface area contributed by atoms with E-state index < -0.39 is 5.91 Å². The summed E-state index contributed by atoms with van der Waals surface area (Å²) in [6.45, 7) is 2.74. The molecule has 0 fully saturated rings. The molecule has 0 aliphatic rings. The Kier molecular flexibility index (Phi) is 3.91. The second kappa shape index (κ2) is 4.98. The Morgan fingerprint density at radius 1 is 1.67 bits per heavy atom. The molecule has 0 saturated carbocycles. The lowest BCUT2D eigenvalue weighted by Gasteiger charge is -2.08. The van der Waals surface area contributed by atoms with E-state index in [0.717, 1.165) is 12.8 Å². The molecular formula is C10H14ClN3O. The van der Waals surface area contributed by atoms with Gasteiger partial charge in [0.05, 0.1) is 10.6 Å². The van der Waals surface area contributed by atoms with Gasteiger partial charge in [0.2, 0.25) is 0 Å². The van der Waals surface area contributed by atoms with E-state index in [9.17, 15) is 4.79 Å². The number of pyridine rings is 1. The topological polar surface area (TPSA) is 71.9 Å². The van der Waals surface area contributed by atoms with Crippen LogP contribution in [0.5, 0.6) is 0 Å². The molecule has 0 spiro atoms. The number of hydrogen-bond acceptors (Lipinski definition) is 2. The van der Waals surface area contributed by atoms with Crippen LogP contribution < -0.4 is 11.2 Å². The molecule has 1 aromatic rings. The molecule has 1 heterocycles. The Morgan fingerprint density at radius 2 is 2.33 bits per heavy atom. The number of primary amides is 1. The maximum Gasteiger partial charge on any atom is 0.252 e. The first kappa shape index (κ1) is 11.8. The van der Waals surface area contributed by atoms with Gasteiger partial charge in [0, 0.05) is 12.7 Å². The van der Waals surface area contributed by atoms with Gasteiger partial charge in [-0.2, -0.15) is 0 Å². The molecule has 0 aliphatic carbocycles. The zero-order valence-electron chi connectivity index (χ0n) is 8.59. The van der Waals surface area contributed by atoms with Gasteiger partial charge in [-0.05, 0) is 12.5 Å². The molecule has 0 bridgehead atoms. The number of rotatable bonds is 4. The van der Waals surface area contributed by atoms with E-state index in [-0.39, 0.29) is 11.1 Å². The predicted octanol–water partition coefficient (Wildman–Crippen LogP) is 1.52. The van der Waals surface area contributed by atoms with Crippen molar-refractivity contribution < 1.29 is 4.79 Å². The Morgan fingerprint density at radius 3 is 2.87 bits per heavy atom. The average molecular weight is 228 g/mol. The number of nitrogens with zero attached hydrogens (tertiary/aromatic N) is 1. The number of amides is 1. The smallest absolute Gasteiger partial charge is 0.252 e. The van der Waals surface area contributed by atoms with Crippen molar-refractivity contribution in [3.8, 4) is 0 Å². The largest absolute Gasteiger partial charge is 0.365 e. The quantitative estimate of drug-likeness (QED) is 0.804. The third-order valence-electron chi connectivity index (χ3n) is 2.12. The number of unbranched alkanes of at least 4 members (excludes halogenated alkanes) is 1. The number of hydrogen-bond donors (Lipinski definition) is 2. The zero-order valence-corrected chi connectivity index (χ0v) is 9.34. The van der Waals surface area contributed by atoms with Gasteiger partial charge in [0.1, 0.15) is 5.49 Å². The van der Waals surface area contributed by atoms with Crippen LogP contribution >= 0.6 is 11.6 Å². The van der Waals surface area contributed by atoms with Crippen LogP contribution in [0.25, 0.3) is 0 Å². The molecule has 0 aromatic carbocycles. The summed E-state index contributed by atoms with van der Waals surface area (Å²) in [5, 5.41) is 8.18. The van der Waals surface area contributed by atoms with Gasteiger partial charge in [-0.1, -0.05) is 24.9 Å². The van der Waals surface area contributed by atoms with Crippen molar-refractivity contribution in [2.45, 2.75) is 26.3 Å². The molecule has 4 nitrogen and oxygen atoms in total. The van der Waals surface area contributed by atoms with Crippen LogP contribution in [0, 0.1) is 5.41 Å². The highest BCUT2D eigenvalue weighted by Gasteiger charge is 2.07. The lowest BCUT2D eigenvalue weighted by molar-refractivity contribution is 0.0997. The average Bonchev–Trinajstić information content (AvgIpc) is 2.18. The van der Waals surface area contributed by atoms with E-state index in [0.29, 0.717) is 11.6 Å².